The molecule has 0 fully saturated rings. The second-order valence-corrected chi connectivity index (χ2v) is 7.53. The van der Waals surface area contributed by atoms with E-state index < -0.39 is 0 Å². The lowest BCUT2D eigenvalue weighted by molar-refractivity contribution is 0.116. The van der Waals surface area contributed by atoms with Crippen LogP contribution in [0.25, 0.3) is 11.3 Å². The Hall–Kier alpha value is -1.67. The smallest absolute Gasteiger partial charge is 0.0731 e. The lowest BCUT2D eigenvalue weighted by atomic mass is 10.0. The van der Waals surface area contributed by atoms with Crippen molar-refractivity contribution < 1.29 is 4.74 Å². The van der Waals surface area contributed by atoms with E-state index in [1.165, 1.54) is 68.9 Å². The molecule has 0 saturated carbocycles. The van der Waals surface area contributed by atoms with Crippen molar-refractivity contribution >= 4 is 0 Å². The van der Waals surface area contributed by atoms with Gasteiger partial charge in [0.1, 0.15) is 0 Å². The summed E-state index contributed by atoms with van der Waals surface area (Å²) in [5.41, 5.74) is 4.81. The van der Waals surface area contributed by atoms with Gasteiger partial charge in [0.25, 0.3) is 0 Å². The number of rotatable bonds is 14. The number of unbranched alkanes of at least 4 members (excludes halogenated alkanes) is 7. The number of nitrogens with zero attached hydrogens (tertiary/aromatic N) is 1. The number of hydrogen-bond acceptors (Lipinski definition) is 2. The quantitative estimate of drug-likeness (QED) is 0.325. The number of ether oxygens (including phenoxy) is 1. The van der Waals surface area contributed by atoms with Crippen molar-refractivity contribution in [3.8, 4) is 11.3 Å². The van der Waals surface area contributed by atoms with Crippen molar-refractivity contribution in [3.05, 3.63) is 53.7 Å². The maximum atomic E-state index is 5.75. The molecule has 2 aromatic rings. The van der Waals surface area contributed by atoms with Gasteiger partial charge in [0.05, 0.1) is 12.3 Å². The molecular weight excluding hydrogens is 330 g/mol. The summed E-state index contributed by atoms with van der Waals surface area (Å²) >= 11 is 0. The van der Waals surface area contributed by atoms with E-state index in [9.17, 15) is 0 Å². The van der Waals surface area contributed by atoms with Crippen LogP contribution in [0.3, 0.4) is 0 Å². The van der Waals surface area contributed by atoms with E-state index in [1.807, 2.05) is 6.20 Å². The van der Waals surface area contributed by atoms with Gasteiger partial charge in [-0.25, -0.2) is 0 Å². The third kappa shape index (κ3) is 8.71. The summed E-state index contributed by atoms with van der Waals surface area (Å²) in [4.78, 5) is 4.62. The van der Waals surface area contributed by atoms with E-state index in [2.05, 4.69) is 55.2 Å². The zero-order valence-electron chi connectivity index (χ0n) is 17.4. The Morgan fingerprint density at radius 2 is 1.37 bits per heavy atom. The van der Waals surface area contributed by atoms with Gasteiger partial charge in [-0.05, 0) is 36.5 Å². The molecule has 148 valence electrons. The molecule has 0 aliphatic carbocycles. The molecule has 2 heteroatoms. The van der Waals surface area contributed by atoms with Crippen LogP contribution in [0, 0.1) is 0 Å². The van der Waals surface area contributed by atoms with Gasteiger partial charge in [0, 0.05) is 18.4 Å². The van der Waals surface area contributed by atoms with Gasteiger partial charge in [0.2, 0.25) is 0 Å². The second-order valence-electron chi connectivity index (χ2n) is 7.53. The number of hydrogen-bond donors (Lipinski definition) is 0. The van der Waals surface area contributed by atoms with Gasteiger partial charge < -0.3 is 4.74 Å². The van der Waals surface area contributed by atoms with Gasteiger partial charge >= 0.3 is 0 Å². The number of benzene rings is 1. The summed E-state index contributed by atoms with van der Waals surface area (Å²) in [5.74, 6) is 0. The van der Waals surface area contributed by atoms with E-state index in [1.54, 1.807) is 0 Å². The second kappa shape index (κ2) is 13.5. The molecule has 1 heterocycles. The lowest BCUT2D eigenvalue weighted by Crippen LogP contribution is -1.96. The molecule has 0 bridgehead atoms. The molecule has 27 heavy (non-hydrogen) atoms. The minimum Gasteiger partial charge on any atom is -0.377 e. The largest absolute Gasteiger partial charge is 0.377 e. The first-order valence-electron chi connectivity index (χ1n) is 11.0. The maximum Gasteiger partial charge on any atom is 0.0731 e. The van der Waals surface area contributed by atoms with Crippen molar-refractivity contribution in [1.82, 2.24) is 4.98 Å². The highest BCUT2D eigenvalue weighted by Gasteiger charge is 2.01. The molecule has 0 radical (unpaired) electrons. The number of aryl methyl sites for hydroxylation is 1. The van der Waals surface area contributed by atoms with Crippen LogP contribution < -0.4 is 0 Å². The molecule has 0 aliphatic heterocycles. The van der Waals surface area contributed by atoms with E-state index in [0.717, 1.165) is 24.3 Å². The first-order chi connectivity index (χ1) is 13.3. The molecule has 0 saturated heterocycles. The molecule has 1 aromatic carbocycles. The number of aromatic nitrogens is 1. The van der Waals surface area contributed by atoms with Gasteiger partial charge in [-0.2, -0.15) is 0 Å². The molecule has 0 spiro atoms. The molecule has 1 aromatic heterocycles. The highest BCUT2D eigenvalue weighted by molar-refractivity contribution is 5.59. The summed E-state index contributed by atoms with van der Waals surface area (Å²) < 4.78 is 5.75. The first kappa shape index (κ1) is 21.6. The Balaban J connectivity index is 1.74. The standard InChI is InChI=1S/C25H37NO/c1-3-5-7-9-10-12-22-13-16-24(17-14-22)25-18-15-23(20-26-25)21-27-19-11-8-6-4-2/h13-18,20H,3-12,19,21H2,1-2H3. The molecule has 0 atom stereocenters. The van der Waals surface area contributed by atoms with Crippen molar-refractivity contribution in [3.63, 3.8) is 0 Å². The lowest BCUT2D eigenvalue weighted by Gasteiger charge is -2.07. The summed E-state index contributed by atoms with van der Waals surface area (Å²) in [7, 11) is 0. The Labute approximate surface area is 166 Å². The van der Waals surface area contributed by atoms with Crippen molar-refractivity contribution in [2.45, 2.75) is 84.7 Å². The average Bonchev–Trinajstić information content (AvgIpc) is 2.71. The SMILES string of the molecule is CCCCCCCc1ccc(-c2ccc(COCCCCCC)cn2)cc1. The fraction of sp³-hybridized carbons (Fsp3) is 0.560. The Bertz CT molecular complexity index is 603. The van der Waals surface area contributed by atoms with Crippen LogP contribution in [0.5, 0.6) is 0 Å². The van der Waals surface area contributed by atoms with Gasteiger partial charge in [0.15, 0.2) is 0 Å². The van der Waals surface area contributed by atoms with Crippen LogP contribution in [-0.2, 0) is 17.8 Å². The van der Waals surface area contributed by atoms with Crippen LogP contribution in [0.1, 0.15) is 82.8 Å². The highest BCUT2D eigenvalue weighted by atomic mass is 16.5. The molecule has 2 nitrogen and oxygen atoms in total. The first-order valence-corrected chi connectivity index (χ1v) is 11.0. The topological polar surface area (TPSA) is 22.1 Å². The van der Waals surface area contributed by atoms with Crippen LogP contribution >= 0.6 is 0 Å². The highest BCUT2D eigenvalue weighted by Crippen LogP contribution is 2.19. The van der Waals surface area contributed by atoms with Crippen LogP contribution in [0.2, 0.25) is 0 Å². The van der Waals surface area contributed by atoms with E-state index in [-0.39, 0.29) is 0 Å². The summed E-state index contributed by atoms with van der Waals surface area (Å²) in [5, 5.41) is 0. The molecule has 0 amide bonds. The number of pyridine rings is 1. The van der Waals surface area contributed by atoms with E-state index >= 15 is 0 Å². The third-order valence-electron chi connectivity index (χ3n) is 5.05. The molecule has 0 unspecified atom stereocenters. The fourth-order valence-electron chi connectivity index (χ4n) is 3.28. The summed E-state index contributed by atoms with van der Waals surface area (Å²) in [6, 6.07) is 13.2. The van der Waals surface area contributed by atoms with Crippen molar-refractivity contribution in [2.75, 3.05) is 6.61 Å². The summed E-state index contributed by atoms with van der Waals surface area (Å²) in [6.07, 6.45) is 14.8. The van der Waals surface area contributed by atoms with Crippen molar-refractivity contribution in [2.24, 2.45) is 0 Å². The minimum absolute atomic E-state index is 0.663. The monoisotopic (exact) mass is 367 g/mol. The van der Waals surface area contributed by atoms with E-state index in [4.69, 9.17) is 4.74 Å². The van der Waals surface area contributed by atoms with Crippen LogP contribution in [0.4, 0.5) is 0 Å². The molecule has 2 rings (SSSR count). The molecule has 0 aliphatic rings. The predicted octanol–water partition coefficient (Wildman–Crippen LogP) is 7.36. The predicted molar refractivity (Wildman–Crippen MR) is 116 cm³/mol. The zero-order chi connectivity index (χ0) is 19.2. The minimum atomic E-state index is 0.663. The fourth-order valence-corrected chi connectivity index (χ4v) is 3.28. The zero-order valence-corrected chi connectivity index (χ0v) is 17.4. The van der Waals surface area contributed by atoms with E-state index in [0.29, 0.717) is 6.61 Å². The van der Waals surface area contributed by atoms with Crippen LogP contribution in [0.15, 0.2) is 42.6 Å². The van der Waals surface area contributed by atoms with Gasteiger partial charge in [-0.15, -0.1) is 0 Å². The Morgan fingerprint density at radius 1 is 0.704 bits per heavy atom. The summed E-state index contributed by atoms with van der Waals surface area (Å²) in [6.45, 7) is 6.01. The Kier molecular flexibility index (Phi) is 10.8. The molecule has 0 N–H and O–H groups in total. The van der Waals surface area contributed by atoms with Crippen LogP contribution in [-0.4, -0.2) is 11.6 Å². The van der Waals surface area contributed by atoms with Gasteiger partial charge in [-0.3, -0.25) is 4.98 Å². The maximum absolute atomic E-state index is 5.75. The Morgan fingerprint density at radius 3 is 2.04 bits per heavy atom. The third-order valence-corrected chi connectivity index (χ3v) is 5.05. The van der Waals surface area contributed by atoms with Gasteiger partial charge in [-0.1, -0.05) is 89.1 Å². The van der Waals surface area contributed by atoms with Crippen molar-refractivity contribution in [1.29, 1.82) is 0 Å². The molecular formula is C25H37NO. The average molecular weight is 368 g/mol. The normalized spacial score (nSPS) is 11.0.